The molecule has 3 rings (SSSR count). The van der Waals surface area contributed by atoms with E-state index in [4.69, 9.17) is 15.6 Å². The van der Waals surface area contributed by atoms with Crippen LogP contribution >= 0.6 is 15.9 Å². The summed E-state index contributed by atoms with van der Waals surface area (Å²) in [5, 5.41) is 29.0. The molecule has 0 bridgehead atoms. The summed E-state index contributed by atoms with van der Waals surface area (Å²) in [5.74, 6) is 0.196. The monoisotopic (exact) mass is 345 g/mol. The van der Waals surface area contributed by atoms with Crippen molar-refractivity contribution in [2.75, 3.05) is 12.3 Å². The van der Waals surface area contributed by atoms with E-state index in [9.17, 15) is 10.2 Å². The number of halogens is 1. The van der Waals surface area contributed by atoms with Crippen LogP contribution in [0.25, 0.3) is 11.2 Å². The maximum Gasteiger partial charge on any atom is 0.181 e. The van der Waals surface area contributed by atoms with Crippen molar-refractivity contribution < 1.29 is 20.1 Å². The standard InChI is InChI=1S/C10H12BrN5O4/c11-10-15-4-7(12)13-2-14-8(4)16(10)9-6(19)5(18)3(1-17)20-9/h2-3,5-6,9,17-19H,1H2,(H2,12,13,14)/t3-,5-,6-,9+/m1/s1. The minimum absolute atomic E-state index is 0.196. The molecule has 0 saturated carbocycles. The Bertz CT molecular complexity index is 650. The number of imidazole rings is 1. The first-order chi connectivity index (χ1) is 9.54. The van der Waals surface area contributed by atoms with Gasteiger partial charge in [-0.1, -0.05) is 0 Å². The van der Waals surface area contributed by atoms with Gasteiger partial charge in [-0.3, -0.25) is 4.57 Å². The molecule has 0 spiro atoms. The third kappa shape index (κ3) is 1.88. The second-order valence-corrected chi connectivity index (χ2v) is 5.12. The molecule has 4 atom stereocenters. The number of aliphatic hydroxyl groups excluding tert-OH is 3. The van der Waals surface area contributed by atoms with E-state index < -0.39 is 31.1 Å². The van der Waals surface area contributed by atoms with Gasteiger partial charge in [-0.15, -0.1) is 0 Å². The van der Waals surface area contributed by atoms with Gasteiger partial charge in [-0.2, -0.15) is 0 Å². The van der Waals surface area contributed by atoms with E-state index >= 15 is 0 Å². The molecule has 3 heterocycles. The lowest BCUT2D eigenvalue weighted by Crippen LogP contribution is -2.33. The third-order valence-corrected chi connectivity index (χ3v) is 3.79. The van der Waals surface area contributed by atoms with Gasteiger partial charge in [0.25, 0.3) is 0 Å². The molecule has 2 aromatic rings. The fourth-order valence-corrected chi connectivity index (χ4v) is 2.77. The summed E-state index contributed by atoms with van der Waals surface area (Å²) in [6, 6.07) is 0. The summed E-state index contributed by atoms with van der Waals surface area (Å²) in [5.41, 5.74) is 6.43. The zero-order chi connectivity index (χ0) is 14.4. The molecule has 108 valence electrons. The maximum atomic E-state index is 10.1. The lowest BCUT2D eigenvalue weighted by Gasteiger charge is -2.17. The van der Waals surface area contributed by atoms with Crippen LogP contribution in [0.2, 0.25) is 0 Å². The fourth-order valence-electron chi connectivity index (χ4n) is 2.22. The lowest BCUT2D eigenvalue weighted by atomic mass is 10.1. The normalized spacial score (nSPS) is 30.2. The smallest absolute Gasteiger partial charge is 0.181 e. The number of hydrogen-bond donors (Lipinski definition) is 4. The molecule has 0 aliphatic carbocycles. The number of nitrogens with zero attached hydrogens (tertiary/aromatic N) is 4. The molecule has 0 aromatic carbocycles. The van der Waals surface area contributed by atoms with E-state index in [-0.39, 0.29) is 5.82 Å². The average Bonchev–Trinajstić information content (AvgIpc) is 2.90. The number of aliphatic hydroxyl groups is 3. The Morgan fingerprint density at radius 3 is 2.75 bits per heavy atom. The van der Waals surface area contributed by atoms with Gasteiger partial charge >= 0.3 is 0 Å². The van der Waals surface area contributed by atoms with Crippen LogP contribution < -0.4 is 5.73 Å². The second-order valence-electron chi connectivity index (χ2n) is 4.41. The topological polar surface area (TPSA) is 140 Å². The van der Waals surface area contributed by atoms with E-state index in [1.807, 2.05) is 0 Å². The molecule has 0 unspecified atom stereocenters. The summed E-state index contributed by atoms with van der Waals surface area (Å²) >= 11 is 3.24. The zero-order valence-corrected chi connectivity index (χ0v) is 11.7. The second kappa shape index (κ2) is 4.90. The molecule has 5 N–H and O–H groups in total. The van der Waals surface area contributed by atoms with Crippen molar-refractivity contribution in [2.45, 2.75) is 24.5 Å². The van der Waals surface area contributed by atoms with E-state index in [1.54, 1.807) is 0 Å². The number of nitrogens with two attached hydrogens (primary N) is 1. The van der Waals surface area contributed by atoms with Crippen LogP contribution in [0.5, 0.6) is 0 Å². The summed E-state index contributed by atoms with van der Waals surface area (Å²) in [6.45, 7) is -0.407. The summed E-state index contributed by atoms with van der Waals surface area (Å²) in [7, 11) is 0. The predicted octanol–water partition coefficient (Wildman–Crippen LogP) is -1.22. The SMILES string of the molecule is Nc1ncnc2c1nc(Br)n2[C@H]1O[C@H](CO)[C@@H](O)[C@H]1O. The number of anilines is 1. The summed E-state index contributed by atoms with van der Waals surface area (Å²) in [6.07, 6.45) is -2.97. The number of aromatic nitrogens is 4. The van der Waals surface area contributed by atoms with Gasteiger partial charge < -0.3 is 25.8 Å². The van der Waals surface area contributed by atoms with Crippen LogP contribution in [0.3, 0.4) is 0 Å². The Morgan fingerprint density at radius 2 is 2.10 bits per heavy atom. The van der Waals surface area contributed by atoms with Crippen LogP contribution in [0, 0.1) is 0 Å². The first-order valence-electron chi connectivity index (χ1n) is 5.81. The van der Waals surface area contributed by atoms with Crippen LogP contribution in [-0.2, 0) is 4.74 Å². The minimum Gasteiger partial charge on any atom is -0.394 e. The van der Waals surface area contributed by atoms with Crippen molar-refractivity contribution in [1.82, 2.24) is 19.5 Å². The Kier molecular flexibility index (Phi) is 3.34. The molecule has 1 fully saturated rings. The largest absolute Gasteiger partial charge is 0.394 e. The fraction of sp³-hybridized carbons (Fsp3) is 0.500. The Hall–Kier alpha value is -1.33. The van der Waals surface area contributed by atoms with E-state index in [0.29, 0.717) is 15.9 Å². The van der Waals surface area contributed by atoms with Gasteiger partial charge in [-0.25, -0.2) is 15.0 Å². The minimum atomic E-state index is -1.22. The Morgan fingerprint density at radius 1 is 1.35 bits per heavy atom. The molecule has 0 amide bonds. The number of hydrogen-bond acceptors (Lipinski definition) is 8. The lowest BCUT2D eigenvalue weighted by molar-refractivity contribution is -0.0521. The summed E-state index contributed by atoms with van der Waals surface area (Å²) < 4.78 is 7.23. The zero-order valence-electron chi connectivity index (χ0n) is 10.1. The van der Waals surface area contributed by atoms with E-state index in [1.165, 1.54) is 10.9 Å². The Labute approximate surface area is 121 Å². The molecule has 2 aromatic heterocycles. The first-order valence-corrected chi connectivity index (χ1v) is 6.60. The van der Waals surface area contributed by atoms with Crippen molar-refractivity contribution in [3.8, 4) is 0 Å². The molecular formula is C10H12BrN5O4. The van der Waals surface area contributed by atoms with Crippen molar-refractivity contribution in [3.05, 3.63) is 11.1 Å². The van der Waals surface area contributed by atoms with Gasteiger partial charge in [0.05, 0.1) is 6.61 Å². The van der Waals surface area contributed by atoms with E-state index in [2.05, 4.69) is 30.9 Å². The summed E-state index contributed by atoms with van der Waals surface area (Å²) in [4.78, 5) is 12.1. The van der Waals surface area contributed by atoms with Crippen LogP contribution in [0.4, 0.5) is 5.82 Å². The first kappa shape index (κ1) is 13.6. The Balaban J connectivity index is 2.11. The van der Waals surface area contributed by atoms with Crippen LogP contribution in [0.1, 0.15) is 6.23 Å². The number of ether oxygens (including phenoxy) is 1. The van der Waals surface area contributed by atoms with Crippen molar-refractivity contribution >= 4 is 32.9 Å². The molecular weight excluding hydrogens is 334 g/mol. The highest BCUT2D eigenvalue weighted by Gasteiger charge is 2.44. The molecule has 0 radical (unpaired) electrons. The number of rotatable bonds is 2. The number of nitrogen functional groups attached to an aromatic ring is 1. The van der Waals surface area contributed by atoms with Crippen molar-refractivity contribution in [3.63, 3.8) is 0 Å². The van der Waals surface area contributed by atoms with Crippen molar-refractivity contribution in [2.24, 2.45) is 0 Å². The molecule has 1 aliphatic heterocycles. The average molecular weight is 346 g/mol. The third-order valence-electron chi connectivity index (χ3n) is 3.23. The molecule has 1 aliphatic rings. The molecule has 1 saturated heterocycles. The van der Waals surface area contributed by atoms with Gasteiger partial charge in [0.1, 0.15) is 24.6 Å². The van der Waals surface area contributed by atoms with Gasteiger partial charge in [0.2, 0.25) is 0 Å². The van der Waals surface area contributed by atoms with Gasteiger partial charge in [0, 0.05) is 0 Å². The van der Waals surface area contributed by atoms with Crippen LogP contribution in [-0.4, -0.2) is 59.8 Å². The highest BCUT2D eigenvalue weighted by Crippen LogP contribution is 2.34. The van der Waals surface area contributed by atoms with Crippen molar-refractivity contribution in [1.29, 1.82) is 0 Å². The quantitative estimate of drug-likeness (QED) is 0.496. The maximum absolute atomic E-state index is 10.1. The molecule has 10 heteroatoms. The van der Waals surface area contributed by atoms with Crippen LogP contribution in [0.15, 0.2) is 11.1 Å². The molecule has 9 nitrogen and oxygen atoms in total. The highest BCUT2D eigenvalue weighted by molar-refractivity contribution is 9.10. The molecule has 20 heavy (non-hydrogen) atoms. The highest BCUT2D eigenvalue weighted by atomic mass is 79.9. The number of fused-ring (bicyclic) bond motifs is 1. The van der Waals surface area contributed by atoms with Gasteiger partial charge in [-0.05, 0) is 15.9 Å². The predicted molar refractivity (Wildman–Crippen MR) is 70.4 cm³/mol. The van der Waals surface area contributed by atoms with E-state index in [0.717, 1.165) is 0 Å². The van der Waals surface area contributed by atoms with Gasteiger partial charge in [0.15, 0.2) is 27.9 Å².